The molecule has 10 nitrogen and oxygen atoms in total. The van der Waals surface area contributed by atoms with E-state index in [1.807, 2.05) is 0 Å². The molecule has 213 valence electrons. The summed E-state index contributed by atoms with van der Waals surface area (Å²) in [6, 6.07) is 0. The summed E-state index contributed by atoms with van der Waals surface area (Å²) in [7, 11) is 0. The first-order valence-corrected chi connectivity index (χ1v) is 13.8. The molecule has 5 rings (SSSR count). The molecule has 1 aliphatic heterocycles. The number of carbonyl (C=O) groups is 2. The van der Waals surface area contributed by atoms with Gasteiger partial charge in [0.2, 0.25) is 0 Å². The molecule has 1 heterocycles. The molecule has 1 radical (unpaired) electrons. The summed E-state index contributed by atoms with van der Waals surface area (Å²) in [6.45, 7) is 3.95. The van der Waals surface area contributed by atoms with E-state index in [1.165, 1.54) is 0 Å². The van der Waals surface area contributed by atoms with Crippen molar-refractivity contribution in [3.63, 3.8) is 0 Å². The second kappa shape index (κ2) is 11.2. The van der Waals surface area contributed by atoms with Crippen LogP contribution in [0.4, 0.5) is 0 Å². The number of rotatable bonds is 5. The summed E-state index contributed by atoms with van der Waals surface area (Å²) in [6.07, 6.45) is -2.61. The van der Waals surface area contributed by atoms with Gasteiger partial charge in [0.25, 0.3) is 0 Å². The average molecular weight is 731 g/mol. The van der Waals surface area contributed by atoms with Crippen LogP contribution >= 0.6 is 0 Å². The van der Waals surface area contributed by atoms with Crippen molar-refractivity contribution < 1.29 is 49.7 Å². The van der Waals surface area contributed by atoms with Crippen LogP contribution in [0.1, 0.15) is 65.2 Å². The van der Waals surface area contributed by atoms with E-state index in [9.17, 15) is 40.2 Å². The maximum absolute atomic E-state index is 12.5. The molecule has 38 heavy (non-hydrogen) atoms. The minimum absolute atomic E-state index is 0. The van der Waals surface area contributed by atoms with Crippen LogP contribution in [-0.2, 0) is 19.1 Å². The van der Waals surface area contributed by atoms with Crippen LogP contribution in [0.15, 0.2) is 0 Å². The van der Waals surface area contributed by atoms with Gasteiger partial charge in [-0.25, -0.2) is 4.79 Å². The number of carbonyl (C=O) groups excluding carboxylic acids is 1. The number of Topliss-reactive ketones (excluding diaryl/α,β-unsaturated/α-hetero) is 1. The van der Waals surface area contributed by atoms with Crippen molar-refractivity contribution in [3.05, 3.63) is 0 Å². The van der Waals surface area contributed by atoms with Crippen LogP contribution in [-0.4, -0.2) is 119 Å². The zero-order chi connectivity index (χ0) is 26.9. The normalized spacial score (nSPS) is 52.2. The zero-order valence-electron chi connectivity index (χ0n) is 22.2. The van der Waals surface area contributed by atoms with Gasteiger partial charge in [-0.3, -0.25) is 4.79 Å². The summed E-state index contributed by atoms with van der Waals surface area (Å²) < 4.78 is 11.3. The molecule has 14 atom stereocenters. The van der Waals surface area contributed by atoms with Gasteiger partial charge in [-0.05, 0) is 85.9 Å². The fraction of sp³-hybridized carbons (Fsp3) is 0.926. The fourth-order valence-corrected chi connectivity index (χ4v) is 9.46. The Bertz CT molecular complexity index is 903. The zero-order valence-corrected chi connectivity index (χ0v) is 26.7. The Morgan fingerprint density at radius 2 is 1.66 bits per heavy atom. The van der Waals surface area contributed by atoms with Crippen molar-refractivity contribution in [2.24, 2.45) is 40.4 Å². The second-order valence-electron chi connectivity index (χ2n) is 12.9. The number of ketones is 1. The van der Waals surface area contributed by atoms with Crippen molar-refractivity contribution in [2.75, 3.05) is 6.61 Å². The van der Waals surface area contributed by atoms with E-state index >= 15 is 0 Å². The Kier molecular flexibility index (Phi) is 9.08. The molecule has 6 N–H and O–H groups in total. The van der Waals surface area contributed by atoms with Crippen molar-refractivity contribution in [2.45, 2.75) is 108 Å². The van der Waals surface area contributed by atoms with E-state index in [-0.39, 0.29) is 67.8 Å². The van der Waals surface area contributed by atoms with Gasteiger partial charge in [0.1, 0.15) is 24.9 Å². The monoisotopic (exact) mass is 731 g/mol. The molecule has 11 heteroatoms. The number of hydrogen-bond donors (Lipinski definition) is 6. The molecule has 1 saturated heterocycles. The Hall–Kier alpha value is -0.218. The van der Waals surface area contributed by atoms with Gasteiger partial charge in [-0.1, -0.05) is 13.8 Å². The van der Waals surface area contributed by atoms with Crippen LogP contribution in [0.5, 0.6) is 0 Å². The molecular weight excluding hydrogens is 689 g/mol. The van der Waals surface area contributed by atoms with Crippen LogP contribution in [0.25, 0.3) is 0 Å². The number of ether oxygens (including phenoxy) is 2. The molecule has 5 fully saturated rings. The van der Waals surface area contributed by atoms with Crippen LogP contribution < -0.4 is 0 Å². The number of aliphatic hydroxyl groups excluding tert-OH is 5. The molecule has 0 aromatic heterocycles. The Morgan fingerprint density at radius 1 is 0.947 bits per heavy atom. The second-order valence-corrected chi connectivity index (χ2v) is 12.9. The molecule has 0 aromatic rings. The molecule has 0 spiro atoms. The van der Waals surface area contributed by atoms with E-state index in [1.54, 1.807) is 0 Å². The van der Waals surface area contributed by atoms with Gasteiger partial charge in [0.15, 0.2) is 18.2 Å². The molecule has 0 aromatic carbocycles. The molecule has 0 bridgehead atoms. The first kappa shape index (κ1) is 30.7. The number of carboxylic acid groups (broad SMARTS) is 1. The minimum Gasteiger partial charge on any atom is -0.479 e. The van der Waals surface area contributed by atoms with E-state index in [2.05, 4.69) is 13.8 Å². The van der Waals surface area contributed by atoms with Gasteiger partial charge < -0.3 is 40.1 Å². The Labute approximate surface area is 243 Å². The summed E-state index contributed by atoms with van der Waals surface area (Å²) in [5.74, 6) is -0.705. The molecule has 14 unspecified atom stereocenters. The van der Waals surface area contributed by atoms with Crippen LogP contribution in [0.2, 0.25) is 0 Å². The molecule has 0 amide bonds. The average Bonchev–Trinajstić information content (AvgIpc) is 3.19. The summed E-state index contributed by atoms with van der Waals surface area (Å²) in [4.78, 5) is 24.0. The Balaban J connectivity index is 0.00000336. The largest absolute Gasteiger partial charge is 0.479 e. The van der Waals surface area contributed by atoms with Gasteiger partial charge in [0, 0.05) is 33.2 Å². The standard InChI is InChI=1S/C27H42O10.Tl/c1-26-8-7-13(36-25-22(33)20(31)21(32)23(37-25)24(34)35)9-12(26)3-4-14-15-5-6-16(18(30)11-28)27(15,2)10-17(29)19(14)26;/h12-17,19-23,25,28-29,31-33H,3-11H2,1-2H3,(H,34,35);. The Morgan fingerprint density at radius 3 is 2.32 bits per heavy atom. The van der Waals surface area contributed by atoms with E-state index in [4.69, 9.17) is 9.47 Å². The van der Waals surface area contributed by atoms with Gasteiger partial charge in [-0.15, -0.1) is 0 Å². The smallest absolute Gasteiger partial charge is 0.335 e. The van der Waals surface area contributed by atoms with Crippen molar-refractivity contribution >= 4 is 39.1 Å². The molecular formula is C27H42O10Tl. The minimum atomic E-state index is -1.75. The number of carboxylic acids is 1. The van der Waals surface area contributed by atoms with Crippen LogP contribution in [0.3, 0.4) is 0 Å². The van der Waals surface area contributed by atoms with E-state index < -0.39 is 49.4 Å². The summed E-state index contributed by atoms with van der Waals surface area (Å²) >= 11 is 0. The fourth-order valence-electron chi connectivity index (χ4n) is 9.46. The summed E-state index contributed by atoms with van der Waals surface area (Å²) in [5.41, 5.74) is -0.404. The summed E-state index contributed by atoms with van der Waals surface area (Å²) in [5, 5.41) is 60.8. The third-order valence-corrected chi connectivity index (χ3v) is 11.2. The topological polar surface area (TPSA) is 174 Å². The third kappa shape index (κ3) is 4.82. The van der Waals surface area contributed by atoms with Crippen molar-refractivity contribution in [1.29, 1.82) is 0 Å². The molecule has 5 aliphatic rings. The van der Waals surface area contributed by atoms with Crippen LogP contribution in [0, 0.1) is 40.4 Å². The predicted octanol–water partition coefficient (Wildman–Crippen LogP) is 0.0741. The number of fused-ring (bicyclic) bond motifs is 5. The molecule has 4 aliphatic carbocycles. The molecule has 4 saturated carbocycles. The first-order chi connectivity index (χ1) is 17.4. The van der Waals surface area contributed by atoms with Gasteiger partial charge >= 0.3 is 5.97 Å². The van der Waals surface area contributed by atoms with Gasteiger partial charge in [-0.2, -0.15) is 0 Å². The van der Waals surface area contributed by atoms with E-state index in [0.717, 1.165) is 32.1 Å². The number of aliphatic hydroxyl groups is 5. The predicted molar refractivity (Wildman–Crippen MR) is 134 cm³/mol. The maximum atomic E-state index is 12.5. The van der Waals surface area contributed by atoms with Gasteiger partial charge in [0.05, 0.1) is 12.2 Å². The van der Waals surface area contributed by atoms with Crippen molar-refractivity contribution in [3.8, 4) is 0 Å². The third-order valence-electron chi connectivity index (χ3n) is 11.2. The number of aliphatic carboxylic acids is 1. The quantitative estimate of drug-likeness (QED) is 0.168. The van der Waals surface area contributed by atoms with Crippen molar-refractivity contribution in [1.82, 2.24) is 0 Å². The SMILES string of the molecule is CC12CC(O)C3C(CCC4CC(OC5OC(C(=O)O)C(O)C(O)C5O)CCC43C)C1CCC2C(=O)CO.[Tl]. The first-order valence-electron chi connectivity index (χ1n) is 13.8. The van der Waals surface area contributed by atoms with E-state index in [0.29, 0.717) is 31.1 Å². The number of hydrogen-bond acceptors (Lipinski definition) is 9. The maximum Gasteiger partial charge on any atom is 0.335 e.